The van der Waals surface area contributed by atoms with E-state index in [0.29, 0.717) is 24.4 Å². The van der Waals surface area contributed by atoms with Crippen molar-refractivity contribution in [3.63, 3.8) is 0 Å². The van der Waals surface area contributed by atoms with Crippen molar-refractivity contribution in [3.8, 4) is 0 Å². The molecule has 1 aliphatic heterocycles. The third kappa shape index (κ3) is 5.93. The summed E-state index contributed by atoms with van der Waals surface area (Å²) in [4.78, 5) is 26.1. The molecule has 2 aromatic carbocycles. The molecule has 0 aromatic heterocycles. The Labute approximate surface area is 199 Å². The molecule has 0 unspecified atom stereocenters. The minimum atomic E-state index is -3.99. The molecule has 3 rings (SSSR count). The third-order valence-corrected chi connectivity index (χ3v) is 8.80. The molecule has 0 saturated carbocycles. The van der Waals surface area contributed by atoms with Gasteiger partial charge in [0.05, 0.1) is 4.92 Å². The average Bonchev–Trinajstić information content (AvgIpc) is 2.76. The van der Waals surface area contributed by atoms with Crippen molar-refractivity contribution in [1.82, 2.24) is 9.21 Å². The van der Waals surface area contributed by atoms with Crippen LogP contribution in [0.5, 0.6) is 0 Å². The van der Waals surface area contributed by atoms with Crippen molar-refractivity contribution >= 4 is 33.4 Å². The first-order chi connectivity index (χ1) is 15.5. The summed E-state index contributed by atoms with van der Waals surface area (Å²) in [5.74, 6) is 0.248. The summed E-state index contributed by atoms with van der Waals surface area (Å²) in [5, 5.41) is 11.4. The van der Waals surface area contributed by atoms with E-state index in [9.17, 15) is 23.3 Å². The van der Waals surface area contributed by atoms with Crippen LogP contribution in [0.4, 0.5) is 5.69 Å². The summed E-state index contributed by atoms with van der Waals surface area (Å²) in [6.07, 6.45) is 0.425. The van der Waals surface area contributed by atoms with Crippen molar-refractivity contribution in [2.45, 2.75) is 48.8 Å². The number of benzene rings is 2. The SMILES string of the molecule is Cc1ccc(C)c(Sc2ccc([N+](=O)[O-])cc2S(=O)(=O)N2CCN(C(=O)CC(C)C)CC2)c1. The Bertz CT molecular complexity index is 1160. The molecule has 1 saturated heterocycles. The summed E-state index contributed by atoms with van der Waals surface area (Å²) in [6, 6.07) is 9.88. The van der Waals surface area contributed by atoms with Gasteiger partial charge in [-0.2, -0.15) is 4.31 Å². The zero-order valence-corrected chi connectivity index (χ0v) is 20.9. The zero-order valence-electron chi connectivity index (χ0n) is 19.3. The van der Waals surface area contributed by atoms with Gasteiger partial charge in [-0.3, -0.25) is 14.9 Å². The minimum absolute atomic E-state index is 0.0172. The highest BCUT2D eigenvalue weighted by atomic mass is 32.2. The van der Waals surface area contributed by atoms with E-state index in [4.69, 9.17) is 0 Å². The van der Waals surface area contributed by atoms with Gasteiger partial charge in [-0.1, -0.05) is 37.7 Å². The second-order valence-corrected chi connectivity index (χ2v) is 11.6. The number of carbonyl (C=O) groups excluding carboxylic acids is 1. The molecule has 0 spiro atoms. The lowest BCUT2D eigenvalue weighted by Gasteiger charge is -2.34. The highest BCUT2D eigenvalue weighted by Gasteiger charge is 2.33. The van der Waals surface area contributed by atoms with Crippen LogP contribution in [0, 0.1) is 29.9 Å². The number of nitro groups is 1. The number of carbonyl (C=O) groups is 1. The topological polar surface area (TPSA) is 101 Å². The number of nitro benzene ring substituents is 1. The van der Waals surface area contributed by atoms with Crippen molar-refractivity contribution in [1.29, 1.82) is 0 Å². The summed E-state index contributed by atoms with van der Waals surface area (Å²) in [5.41, 5.74) is 1.76. The van der Waals surface area contributed by atoms with Crippen molar-refractivity contribution in [3.05, 3.63) is 57.6 Å². The number of amides is 1. The Morgan fingerprint density at radius 2 is 1.73 bits per heavy atom. The molecule has 10 heteroatoms. The third-order valence-electron chi connectivity index (χ3n) is 5.49. The van der Waals surface area contributed by atoms with Gasteiger partial charge >= 0.3 is 0 Å². The molecule has 8 nitrogen and oxygen atoms in total. The standard InChI is InChI=1S/C23H29N3O5S2/c1-16(2)13-23(27)24-9-11-25(12-10-24)33(30,31)22-15-19(26(28)29)7-8-20(22)32-21-14-17(3)5-6-18(21)4/h5-8,14-16H,9-13H2,1-4H3. The molecule has 1 amide bonds. The van der Waals surface area contributed by atoms with Crippen LogP contribution in [-0.4, -0.2) is 54.6 Å². The molecule has 2 aromatic rings. The van der Waals surface area contributed by atoms with Crippen LogP contribution in [-0.2, 0) is 14.8 Å². The van der Waals surface area contributed by atoms with E-state index in [1.165, 1.54) is 28.2 Å². The van der Waals surface area contributed by atoms with E-state index in [1.54, 1.807) is 4.90 Å². The maximum atomic E-state index is 13.6. The smallest absolute Gasteiger partial charge is 0.270 e. The van der Waals surface area contributed by atoms with Crippen LogP contribution < -0.4 is 0 Å². The number of nitrogens with zero attached hydrogens (tertiary/aromatic N) is 3. The molecule has 1 fully saturated rings. The first kappa shape index (κ1) is 25.2. The van der Waals surface area contributed by atoms with Crippen molar-refractivity contribution in [2.24, 2.45) is 5.92 Å². The van der Waals surface area contributed by atoms with Gasteiger partial charge in [0.1, 0.15) is 4.90 Å². The van der Waals surface area contributed by atoms with Gasteiger partial charge in [-0.25, -0.2) is 8.42 Å². The number of rotatable bonds is 7. The van der Waals surface area contributed by atoms with Crippen molar-refractivity contribution in [2.75, 3.05) is 26.2 Å². The summed E-state index contributed by atoms with van der Waals surface area (Å²) in [7, 11) is -3.99. The van der Waals surface area contributed by atoms with Crippen LogP contribution in [0.15, 0.2) is 51.1 Å². The lowest BCUT2D eigenvalue weighted by Crippen LogP contribution is -2.50. The molecule has 33 heavy (non-hydrogen) atoms. The van der Waals surface area contributed by atoms with E-state index in [0.717, 1.165) is 22.1 Å². The van der Waals surface area contributed by atoms with Crippen LogP contribution >= 0.6 is 11.8 Å². The van der Waals surface area contributed by atoms with Crippen LogP contribution in [0.3, 0.4) is 0 Å². The average molecular weight is 492 g/mol. The van der Waals surface area contributed by atoms with Gasteiger partial charge in [-0.05, 0) is 43.0 Å². The van der Waals surface area contributed by atoms with Gasteiger partial charge in [0.15, 0.2) is 0 Å². The predicted molar refractivity (Wildman–Crippen MR) is 128 cm³/mol. The fourth-order valence-corrected chi connectivity index (χ4v) is 6.59. The quantitative estimate of drug-likeness (QED) is 0.424. The number of hydrogen-bond donors (Lipinski definition) is 0. The minimum Gasteiger partial charge on any atom is -0.340 e. The lowest BCUT2D eigenvalue weighted by molar-refractivity contribution is -0.385. The molecule has 0 bridgehead atoms. The van der Waals surface area contributed by atoms with E-state index >= 15 is 0 Å². The Hall–Kier alpha value is -2.43. The van der Waals surface area contributed by atoms with Crippen LogP contribution in [0.2, 0.25) is 0 Å². The fraction of sp³-hybridized carbons (Fsp3) is 0.435. The molecule has 0 N–H and O–H groups in total. The van der Waals surface area contributed by atoms with Crippen molar-refractivity contribution < 1.29 is 18.1 Å². The molecule has 0 radical (unpaired) electrons. The molecule has 0 atom stereocenters. The van der Waals surface area contributed by atoms with E-state index in [1.807, 2.05) is 45.9 Å². The maximum absolute atomic E-state index is 13.6. The number of aryl methyl sites for hydroxylation is 2. The van der Waals surface area contributed by atoms with Gasteiger partial charge in [0.2, 0.25) is 15.9 Å². The summed E-state index contributed by atoms with van der Waals surface area (Å²) in [6.45, 7) is 8.75. The van der Waals surface area contributed by atoms with Gasteiger partial charge in [0.25, 0.3) is 5.69 Å². The summed E-state index contributed by atoms with van der Waals surface area (Å²) < 4.78 is 28.4. The molecule has 0 aliphatic carbocycles. The first-order valence-electron chi connectivity index (χ1n) is 10.8. The normalized spacial score (nSPS) is 15.1. The Morgan fingerprint density at radius 3 is 2.33 bits per heavy atom. The lowest BCUT2D eigenvalue weighted by atomic mass is 10.1. The van der Waals surface area contributed by atoms with Gasteiger partial charge in [-0.15, -0.1) is 0 Å². The number of non-ortho nitro benzene ring substituents is 1. The second kappa shape index (κ2) is 10.2. The molecular formula is C23H29N3O5S2. The maximum Gasteiger partial charge on any atom is 0.270 e. The van der Waals surface area contributed by atoms with Crippen LogP contribution in [0.25, 0.3) is 0 Å². The number of sulfonamides is 1. The highest BCUT2D eigenvalue weighted by molar-refractivity contribution is 8.00. The first-order valence-corrected chi connectivity index (χ1v) is 13.1. The molecule has 178 valence electrons. The Kier molecular flexibility index (Phi) is 7.81. The van der Waals surface area contributed by atoms with Gasteiger partial charge in [0, 0.05) is 54.5 Å². The highest BCUT2D eigenvalue weighted by Crippen LogP contribution is 2.38. The second-order valence-electron chi connectivity index (χ2n) is 8.64. The Morgan fingerprint density at radius 1 is 1.06 bits per heavy atom. The zero-order chi connectivity index (χ0) is 24.3. The predicted octanol–water partition coefficient (Wildman–Crippen LogP) is 4.24. The van der Waals surface area contributed by atoms with Gasteiger partial charge < -0.3 is 4.90 Å². The van der Waals surface area contributed by atoms with Crippen LogP contribution in [0.1, 0.15) is 31.4 Å². The molecule has 1 heterocycles. The largest absolute Gasteiger partial charge is 0.340 e. The molecular weight excluding hydrogens is 462 g/mol. The molecule has 1 aliphatic rings. The number of piperazine rings is 1. The Balaban J connectivity index is 1.91. The monoisotopic (exact) mass is 491 g/mol. The fourth-order valence-electron chi connectivity index (χ4n) is 3.63. The van der Waals surface area contributed by atoms with E-state index < -0.39 is 14.9 Å². The van der Waals surface area contributed by atoms with E-state index in [2.05, 4.69) is 0 Å². The summed E-state index contributed by atoms with van der Waals surface area (Å²) >= 11 is 1.29. The number of hydrogen-bond acceptors (Lipinski definition) is 6. The van der Waals surface area contributed by atoms with E-state index in [-0.39, 0.29) is 35.5 Å².